The van der Waals surface area contributed by atoms with E-state index in [2.05, 4.69) is 52.5 Å². The van der Waals surface area contributed by atoms with E-state index in [4.69, 9.17) is 0 Å². The first-order valence-corrected chi connectivity index (χ1v) is 8.11. The van der Waals surface area contributed by atoms with Gasteiger partial charge in [-0.05, 0) is 78.6 Å². The lowest BCUT2D eigenvalue weighted by atomic mass is 9.81. The molecule has 112 valence electrons. The minimum Gasteiger partial charge on any atom is -0.0996 e. The average Bonchev–Trinajstić information content (AvgIpc) is 2.38. The summed E-state index contributed by atoms with van der Waals surface area (Å²) in [5, 5.41) is 0. The molecule has 0 heteroatoms. The van der Waals surface area contributed by atoms with E-state index >= 15 is 0 Å². The normalized spacial score (nSPS) is 18.2. The highest BCUT2D eigenvalue weighted by Crippen LogP contribution is 2.33. The Bertz CT molecular complexity index is 396. The van der Waals surface area contributed by atoms with Gasteiger partial charge in [0.15, 0.2) is 0 Å². The van der Waals surface area contributed by atoms with Crippen LogP contribution in [-0.4, -0.2) is 0 Å². The summed E-state index contributed by atoms with van der Waals surface area (Å²) in [5.41, 5.74) is 5.98. The van der Waals surface area contributed by atoms with Gasteiger partial charge in [0, 0.05) is 0 Å². The molecule has 0 saturated carbocycles. The molecular weight excluding hydrogens is 240 g/mol. The van der Waals surface area contributed by atoms with Crippen LogP contribution in [-0.2, 0) is 0 Å². The third-order valence-electron chi connectivity index (χ3n) is 4.07. The smallest absolute Gasteiger partial charge is 0.0166 e. The zero-order valence-corrected chi connectivity index (χ0v) is 14.0. The van der Waals surface area contributed by atoms with Gasteiger partial charge in [-0.2, -0.15) is 0 Å². The summed E-state index contributed by atoms with van der Waals surface area (Å²) in [6.07, 6.45) is 15.7. The molecule has 1 atom stereocenters. The fourth-order valence-electron chi connectivity index (χ4n) is 2.84. The topological polar surface area (TPSA) is 0 Å². The van der Waals surface area contributed by atoms with Gasteiger partial charge in [0.1, 0.15) is 0 Å². The first-order valence-electron chi connectivity index (χ1n) is 8.11. The Balaban J connectivity index is 2.39. The van der Waals surface area contributed by atoms with Crippen molar-refractivity contribution in [1.29, 1.82) is 0 Å². The second-order valence-electron chi connectivity index (χ2n) is 6.64. The third kappa shape index (κ3) is 6.93. The summed E-state index contributed by atoms with van der Waals surface area (Å²) < 4.78 is 0. The molecule has 0 bridgehead atoms. The molecule has 1 aliphatic carbocycles. The zero-order chi connectivity index (χ0) is 15.0. The van der Waals surface area contributed by atoms with Gasteiger partial charge in [0.05, 0.1) is 0 Å². The quantitative estimate of drug-likeness (QED) is 0.449. The van der Waals surface area contributed by atoms with E-state index in [0.29, 0.717) is 0 Å². The Morgan fingerprint density at radius 1 is 1.15 bits per heavy atom. The van der Waals surface area contributed by atoms with Crippen LogP contribution >= 0.6 is 0 Å². The van der Waals surface area contributed by atoms with E-state index < -0.39 is 0 Å². The molecular formula is C20H32. The van der Waals surface area contributed by atoms with Crippen molar-refractivity contribution in [3.05, 3.63) is 47.1 Å². The molecule has 1 rings (SSSR count). The largest absolute Gasteiger partial charge is 0.0996 e. The molecule has 0 amide bonds. The molecule has 0 spiro atoms. The van der Waals surface area contributed by atoms with Crippen molar-refractivity contribution in [2.45, 2.75) is 72.6 Å². The fourth-order valence-corrected chi connectivity index (χ4v) is 2.84. The van der Waals surface area contributed by atoms with E-state index in [1.54, 1.807) is 5.57 Å². The van der Waals surface area contributed by atoms with Crippen LogP contribution in [0, 0.1) is 5.92 Å². The highest BCUT2D eigenvalue weighted by atomic mass is 14.2. The number of allylic oxidation sites excluding steroid dienone is 7. The maximum absolute atomic E-state index is 4.35. The maximum atomic E-state index is 4.35. The highest BCUT2D eigenvalue weighted by Gasteiger charge is 2.17. The van der Waals surface area contributed by atoms with Crippen molar-refractivity contribution in [2.24, 2.45) is 5.92 Å². The first kappa shape index (κ1) is 17.0. The molecule has 0 saturated heterocycles. The van der Waals surface area contributed by atoms with Gasteiger partial charge >= 0.3 is 0 Å². The van der Waals surface area contributed by atoms with Crippen LogP contribution in [0.3, 0.4) is 0 Å². The molecule has 0 aromatic carbocycles. The summed E-state index contributed by atoms with van der Waals surface area (Å²) in [6, 6.07) is 0. The lowest BCUT2D eigenvalue weighted by Crippen LogP contribution is -2.09. The average molecular weight is 272 g/mol. The van der Waals surface area contributed by atoms with E-state index in [1.165, 1.54) is 48.8 Å². The van der Waals surface area contributed by atoms with Crippen LogP contribution in [0.1, 0.15) is 72.6 Å². The molecule has 0 heterocycles. The molecule has 20 heavy (non-hydrogen) atoms. The van der Waals surface area contributed by atoms with E-state index in [-0.39, 0.29) is 0 Å². The monoisotopic (exact) mass is 272 g/mol. The zero-order valence-electron chi connectivity index (χ0n) is 14.0. The summed E-state index contributed by atoms with van der Waals surface area (Å²) in [6.45, 7) is 13.1. The van der Waals surface area contributed by atoms with Crippen LogP contribution < -0.4 is 0 Å². The molecule has 0 aromatic rings. The van der Waals surface area contributed by atoms with E-state index in [9.17, 15) is 0 Å². The van der Waals surface area contributed by atoms with Crippen molar-refractivity contribution in [3.63, 3.8) is 0 Å². The Labute approximate surface area is 126 Å². The minimum atomic E-state index is 0.729. The highest BCUT2D eigenvalue weighted by molar-refractivity contribution is 5.15. The van der Waals surface area contributed by atoms with Gasteiger partial charge in [-0.1, -0.05) is 47.1 Å². The standard InChI is InChI=1S/C20H32/c1-16(2)9-6-11-18(5)20-14-8-13-19(15-20)12-7-10-17(3)4/h9-10,13,20H,5-8,11-12,14-15H2,1-4H3/t20-/m0/s1. The second kappa shape index (κ2) is 9.00. The van der Waals surface area contributed by atoms with Crippen LogP contribution in [0.25, 0.3) is 0 Å². The maximum Gasteiger partial charge on any atom is -0.0166 e. The SMILES string of the molecule is C=C(CCC=C(C)C)[C@H]1CCC=C(CCC=C(C)C)C1. The summed E-state index contributed by atoms with van der Waals surface area (Å²) in [4.78, 5) is 0. The Hall–Kier alpha value is -1.04. The molecule has 0 nitrogen and oxygen atoms in total. The Morgan fingerprint density at radius 3 is 2.45 bits per heavy atom. The van der Waals surface area contributed by atoms with Crippen molar-refractivity contribution in [3.8, 4) is 0 Å². The fraction of sp³-hybridized carbons (Fsp3) is 0.600. The van der Waals surface area contributed by atoms with Crippen LogP contribution in [0.15, 0.2) is 47.1 Å². The van der Waals surface area contributed by atoms with E-state index in [0.717, 1.165) is 18.8 Å². The Kier molecular flexibility index (Phi) is 7.65. The van der Waals surface area contributed by atoms with Gasteiger partial charge in [0.25, 0.3) is 0 Å². The van der Waals surface area contributed by atoms with Gasteiger partial charge in [-0.3, -0.25) is 0 Å². The number of rotatable bonds is 7. The molecule has 0 aromatic heterocycles. The molecule has 0 fully saturated rings. The minimum absolute atomic E-state index is 0.729. The van der Waals surface area contributed by atoms with E-state index in [1.807, 2.05) is 0 Å². The van der Waals surface area contributed by atoms with Gasteiger partial charge in [-0.15, -0.1) is 0 Å². The lowest BCUT2D eigenvalue weighted by Gasteiger charge is -2.24. The van der Waals surface area contributed by atoms with Gasteiger partial charge < -0.3 is 0 Å². The van der Waals surface area contributed by atoms with Crippen molar-refractivity contribution >= 4 is 0 Å². The summed E-state index contributed by atoms with van der Waals surface area (Å²) in [7, 11) is 0. The molecule has 0 aliphatic heterocycles. The van der Waals surface area contributed by atoms with Gasteiger partial charge in [0.2, 0.25) is 0 Å². The molecule has 1 aliphatic rings. The van der Waals surface area contributed by atoms with Crippen molar-refractivity contribution < 1.29 is 0 Å². The van der Waals surface area contributed by atoms with Crippen molar-refractivity contribution in [1.82, 2.24) is 0 Å². The summed E-state index contributed by atoms with van der Waals surface area (Å²) in [5.74, 6) is 0.729. The molecule has 0 N–H and O–H groups in total. The lowest BCUT2D eigenvalue weighted by molar-refractivity contribution is 0.510. The third-order valence-corrected chi connectivity index (χ3v) is 4.07. The predicted octanol–water partition coefficient (Wildman–Crippen LogP) is 6.76. The number of hydrogen-bond donors (Lipinski definition) is 0. The Morgan fingerprint density at radius 2 is 1.80 bits per heavy atom. The summed E-state index contributed by atoms with van der Waals surface area (Å²) >= 11 is 0. The van der Waals surface area contributed by atoms with Crippen molar-refractivity contribution in [2.75, 3.05) is 0 Å². The number of hydrogen-bond acceptors (Lipinski definition) is 0. The predicted molar refractivity (Wildman–Crippen MR) is 91.9 cm³/mol. The van der Waals surface area contributed by atoms with Crippen LogP contribution in [0.4, 0.5) is 0 Å². The first-order chi connectivity index (χ1) is 9.49. The second-order valence-corrected chi connectivity index (χ2v) is 6.64. The molecule has 0 unspecified atom stereocenters. The van der Waals surface area contributed by atoms with Gasteiger partial charge in [-0.25, -0.2) is 0 Å². The van der Waals surface area contributed by atoms with Crippen LogP contribution in [0.2, 0.25) is 0 Å². The molecule has 0 radical (unpaired) electrons. The van der Waals surface area contributed by atoms with Crippen LogP contribution in [0.5, 0.6) is 0 Å².